The molecule has 1 N–H and O–H groups in total. The molecular weight excluding hydrogens is 300 g/mol. The fraction of sp³-hybridized carbons (Fsp3) is 0.650. The Kier molecular flexibility index (Phi) is 6.27. The number of benzene rings is 1. The van der Waals surface area contributed by atoms with Crippen molar-refractivity contribution < 1.29 is 9.53 Å². The highest BCUT2D eigenvalue weighted by atomic mass is 16.5. The summed E-state index contributed by atoms with van der Waals surface area (Å²) in [6, 6.07) is 8.36. The van der Waals surface area contributed by atoms with Crippen LogP contribution in [0, 0.1) is 0 Å². The van der Waals surface area contributed by atoms with Gasteiger partial charge in [-0.25, -0.2) is 0 Å². The molecule has 0 unspecified atom stereocenters. The van der Waals surface area contributed by atoms with Crippen LogP contribution in [0.1, 0.15) is 52.5 Å². The van der Waals surface area contributed by atoms with Crippen molar-refractivity contribution in [3.63, 3.8) is 0 Å². The summed E-state index contributed by atoms with van der Waals surface area (Å²) in [6.45, 7) is 10.6. The third kappa shape index (κ3) is 5.23. The molecule has 0 spiro atoms. The summed E-state index contributed by atoms with van der Waals surface area (Å²) < 4.78 is 5.93. The molecule has 1 aromatic carbocycles. The first-order valence-electron chi connectivity index (χ1n) is 9.05. The van der Waals surface area contributed by atoms with Crippen molar-refractivity contribution in [2.75, 3.05) is 20.1 Å². The number of piperidine rings is 1. The van der Waals surface area contributed by atoms with Gasteiger partial charge < -0.3 is 15.0 Å². The van der Waals surface area contributed by atoms with E-state index in [1.165, 1.54) is 5.56 Å². The van der Waals surface area contributed by atoms with E-state index in [2.05, 4.69) is 50.2 Å². The molecule has 0 radical (unpaired) electrons. The molecule has 1 fully saturated rings. The molecule has 134 valence electrons. The van der Waals surface area contributed by atoms with Gasteiger partial charge in [-0.2, -0.15) is 0 Å². The number of nitrogens with zero attached hydrogens (tertiary/aromatic N) is 1. The van der Waals surface area contributed by atoms with E-state index in [0.29, 0.717) is 6.42 Å². The largest absolute Gasteiger partial charge is 0.481 e. The van der Waals surface area contributed by atoms with Crippen LogP contribution in [0.3, 0.4) is 0 Å². The Hall–Kier alpha value is -1.55. The van der Waals surface area contributed by atoms with Crippen LogP contribution < -0.4 is 10.1 Å². The van der Waals surface area contributed by atoms with Gasteiger partial charge in [-0.15, -0.1) is 0 Å². The smallest absolute Gasteiger partial charge is 0.261 e. The summed E-state index contributed by atoms with van der Waals surface area (Å²) in [5.41, 5.74) is 1.38. The summed E-state index contributed by atoms with van der Waals surface area (Å²) >= 11 is 0. The number of amides is 1. The summed E-state index contributed by atoms with van der Waals surface area (Å²) in [5, 5.41) is 3.16. The highest BCUT2D eigenvalue weighted by Crippen LogP contribution is 2.25. The quantitative estimate of drug-likeness (QED) is 0.899. The molecule has 4 nitrogen and oxygen atoms in total. The summed E-state index contributed by atoms with van der Waals surface area (Å²) in [5.74, 6) is 0.764. The van der Waals surface area contributed by atoms with Crippen LogP contribution in [0.4, 0.5) is 0 Å². The fourth-order valence-corrected chi connectivity index (χ4v) is 2.97. The molecule has 1 aliphatic heterocycles. The number of rotatable bonds is 5. The van der Waals surface area contributed by atoms with Crippen molar-refractivity contribution in [2.45, 2.75) is 64.5 Å². The molecule has 4 heteroatoms. The van der Waals surface area contributed by atoms with Gasteiger partial charge in [0.1, 0.15) is 5.75 Å². The van der Waals surface area contributed by atoms with Gasteiger partial charge in [-0.1, -0.05) is 39.8 Å². The number of likely N-dealkylation sites (tertiary alicyclic amines) is 1. The van der Waals surface area contributed by atoms with Gasteiger partial charge in [-0.3, -0.25) is 4.79 Å². The molecule has 1 amide bonds. The first-order chi connectivity index (χ1) is 11.3. The standard InChI is InChI=1S/C20H32N2O2/c1-6-18(19(23)21-16-11-13-22(5)14-12-16)24-17-9-7-15(8-10-17)20(2,3)4/h7-10,16,18H,6,11-14H2,1-5H3,(H,21,23)/t18-/m1/s1. The third-order valence-electron chi connectivity index (χ3n) is 4.73. The van der Waals surface area contributed by atoms with Gasteiger partial charge in [0, 0.05) is 6.04 Å². The molecule has 1 heterocycles. The average molecular weight is 332 g/mol. The van der Waals surface area contributed by atoms with Crippen molar-refractivity contribution in [1.82, 2.24) is 10.2 Å². The predicted molar refractivity (Wildman–Crippen MR) is 98.5 cm³/mol. The van der Waals surface area contributed by atoms with E-state index < -0.39 is 6.10 Å². The molecule has 1 aromatic rings. The Balaban J connectivity index is 1.92. The van der Waals surface area contributed by atoms with E-state index in [1.807, 2.05) is 19.1 Å². The second-order valence-electron chi connectivity index (χ2n) is 7.88. The van der Waals surface area contributed by atoms with Crippen LogP contribution >= 0.6 is 0 Å². The Bertz CT molecular complexity index is 526. The lowest BCUT2D eigenvalue weighted by atomic mass is 9.87. The zero-order valence-corrected chi connectivity index (χ0v) is 15.8. The molecule has 24 heavy (non-hydrogen) atoms. The Morgan fingerprint density at radius 2 is 1.83 bits per heavy atom. The highest BCUT2D eigenvalue weighted by Gasteiger charge is 2.24. The van der Waals surface area contributed by atoms with Gasteiger partial charge in [-0.05, 0) is 62.5 Å². The number of hydrogen-bond acceptors (Lipinski definition) is 3. The molecular formula is C20H32N2O2. The molecule has 0 aromatic heterocycles. The topological polar surface area (TPSA) is 41.6 Å². The zero-order chi connectivity index (χ0) is 17.7. The minimum absolute atomic E-state index is 0.00644. The van der Waals surface area contributed by atoms with Crippen LogP contribution in [0.25, 0.3) is 0 Å². The molecule has 0 bridgehead atoms. The van der Waals surface area contributed by atoms with Gasteiger partial charge in [0.05, 0.1) is 0 Å². The minimum atomic E-state index is -0.426. The molecule has 1 saturated heterocycles. The summed E-state index contributed by atoms with van der Waals surface area (Å²) in [4.78, 5) is 14.8. The number of nitrogens with one attached hydrogen (secondary N) is 1. The minimum Gasteiger partial charge on any atom is -0.481 e. The van der Waals surface area contributed by atoms with Crippen LogP contribution in [0.2, 0.25) is 0 Å². The number of hydrogen-bond donors (Lipinski definition) is 1. The van der Waals surface area contributed by atoms with E-state index in [1.54, 1.807) is 0 Å². The van der Waals surface area contributed by atoms with Crippen molar-refractivity contribution in [3.05, 3.63) is 29.8 Å². The van der Waals surface area contributed by atoms with Gasteiger partial charge >= 0.3 is 0 Å². The lowest BCUT2D eigenvalue weighted by Crippen LogP contribution is -2.47. The fourth-order valence-electron chi connectivity index (χ4n) is 2.97. The SMILES string of the molecule is CC[C@@H](Oc1ccc(C(C)(C)C)cc1)C(=O)NC1CCN(C)CC1. The van der Waals surface area contributed by atoms with E-state index in [4.69, 9.17) is 4.74 Å². The maximum absolute atomic E-state index is 12.5. The van der Waals surface area contributed by atoms with E-state index >= 15 is 0 Å². The first-order valence-corrected chi connectivity index (χ1v) is 9.05. The average Bonchev–Trinajstić information content (AvgIpc) is 2.54. The normalized spacial score (nSPS) is 18.2. The lowest BCUT2D eigenvalue weighted by Gasteiger charge is -2.30. The molecule has 0 saturated carbocycles. The zero-order valence-electron chi connectivity index (χ0n) is 15.8. The maximum atomic E-state index is 12.5. The van der Waals surface area contributed by atoms with Gasteiger partial charge in [0.2, 0.25) is 0 Å². The number of carbonyl (C=O) groups is 1. The van der Waals surface area contributed by atoms with Crippen molar-refractivity contribution >= 4 is 5.91 Å². The molecule has 0 aliphatic carbocycles. The second kappa shape index (κ2) is 8.02. The van der Waals surface area contributed by atoms with E-state index in [0.717, 1.165) is 31.7 Å². The Morgan fingerprint density at radius 3 is 2.33 bits per heavy atom. The van der Waals surface area contributed by atoms with E-state index in [-0.39, 0.29) is 17.4 Å². The molecule has 1 atom stereocenters. The first kappa shape index (κ1) is 18.8. The highest BCUT2D eigenvalue weighted by molar-refractivity contribution is 5.81. The maximum Gasteiger partial charge on any atom is 0.261 e. The van der Waals surface area contributed by atoms with Crippen molar-refractivity contribution in [1.29, 1.82) is 0 Å². The monoisotopic (exact) mass is 332 g/mol. The number of ether oxygens (including phenoxy) is 1. The predicted octanol–water partition coefficient (Wildman–Crippen LogP) is 3.35. The second-order valence-corrected chi connectivity index (χ2v) is 7.88. The van der Waals surface area contributed by atoms with Crippen LogP contribution in [-0.2, 0) is 10.2 Å². The third-order valence-corrected chi connectivity index (χ3v) is 4.73. The lowest BCUT2D eigenvalue weighted by molar-refractivity contribution is -0.129. The summed E-state index contributed by atoms with van der Waals surface area (Å²) in [7, 11) is 2.12. The molecule has 1 aliphatic rings. The van der Waals surface area contributed by atoms with Crippen LogP contribution in [0.5, 0.6) is 5.75 Å². The molecule has 2 rings (SSSR count). The van der Waals surface area contributed by atoms with Crippen LogP contribution in [0.15, 0.2) is 24.3 Å². The van der Waals surface area contributed by atoms with E-state index in [9.17, 15) is 4.79 Å². The van der Waals surface area contributed by atoms with Gasteiger partial charge in [0.15, 0.2) is 6.10 Å². The summed E-state index contributed by atoms with van der Waals surface area (Å²) in [6.07, 6.45) is 2.27. The van der Waals surface area contributed by atoms with Crippen LogP contribution in [-0.4, -0.2) is 43.1 Å². The Labute approximate surface area is 146 Å². The van der Waals surface area contributed by atoms with Crippen molar-refractivity contribution in [3.8, 4) is 5.75 Å². The number of carbonyl (C=O) groups excluding carboxylic acids is 1. The Morgan fingerprint density at radius 1 is 1.25 bits per heavy atom. The van der Waals surface area contributed by atoms with Gasteiger partial charge in [0.25, 0.3) is 5.91 Å². The van der Waals surface area contributed by atoms with Crippen molar-refractivity contribution in [2.24, 2.45) is 0 Å².